The van der Waals surface area contributed by atoms with Gasteiger partial charge in [-0.1, -0.05) is 0 Å². The van der Waals surface area contributed by atoms with E-state index < -0.39 is 5.60 Å². The van der Waals surface area contributed by atoms with Gasteiger partial charge >= 0.3 is 0 Å². The molecule has 1 saturated heterocycles. The van der Waals surface area contributed by atoms with Gasteiger partial charge in [0, 0.05) is 3.57 Å². The van der Waals surface area contributed by atoms with Crippen LogP contribution in [0.4, 0.5) is 0 Å². The number of halogens is 1. The second-order valence-corrected chi connectivity index (χ2v) is 5.67. The average Bonchev–Trinajstić information content (AvgIpc) is 2.25. The van der Waals surface area contributed by atoms with Gasteiger partial charge in [0.15, 0.2) is 0 Å². The number of ether oxygens (including phenoxy) is 1. The van der Waals surface area contributed by atoms with Crippen LogP contribution in [0.1, 0.15) is 17.3 Å². The highest BCUT2D eigenvalue weighted by Crippen LogP contribution is 2.26. The Morgan fingerprint density at radius 2 is 2.18 bits per heavy atom. The van der Waals surface area contributed by atoms with E-state index in [9.17, 15) is 9.90 Å². The Hall–Kier alpha value is -0.820. The molecule has 1 aromatic carbocycles. The molecule has 0 unspecified atom stereocenters. The summed E-state index contributed by atoms with van der Waals surface area (Å²) in [6.45, 7) is 2.51. The van der Waals surface area contributed by atoms with Crippen molar-refractivity contribution in [3.05, 3.63) is 27.3 Å². The lowest BCUT2D eigenvalue weighted by molar-refractivity contribution is -0.0669. The molecule has 2 rings (SSSR count). The molecule has 1 heterocycles. The van der Waals surface area contributed by atoms with E-state index in [2.05, 4.69) is 22.6 Å². The zero-order valence-electron chi connectivity index (χ0n) is 9.74. The Morgan fingerprint density at radius 3 is 2.71 bits per heavy atom. The number of amides is 1. The predicted molar refractivity (Wildman–Crippen MR) is 72.2 cm³/mol. The molecular weight excluding hydrogens is 333 g/mol. The number of likely N-dealkylation sites (tertiary alicyclic amines) is 1. The third kappa shape index (κ3) is 2.55. The summed E-state index contributed by atoms with van der Waals surface area (Å²) in [6.07, 6.45) is 0. The number of nitrogens with zero attached hydrogens (tertiary/aromatic N) is 1. The van der Waals surface area contributed by atoms with Gasteiger partial charge < -0.3 is 14.7 Å². The molecule has 5 heteroatoms. The van der Waals surface area contributed by atoms with E-state index in [1.807, 2.05) is 12.1 Å². The summed E-state index contributed by atoms with van der Waals surface area (Å²) in [4.78, 5) is 13.8. The van der Waals surface area contributed by atoms with Crippen LogP contribution in [-0.2, 0) is 0 Å². The van der Waals surface area contributed by atoms with Gasteiger partial charge in [-0.3, -0.25) is 4.79 Å². The van der Waals surface area contributed by atoms with Crippen LogP contribution < -0.4 is 4.74 Å². The van der Waals surface area contributed by atoms with E-state index in [4.69, 9.17) is 4.74 Å². The van der Waals surface area contributed by atoms with Gasteiger partial charge in [0.25, 0.3) is 5.91 Å². The molecule has 92 valence electrons. The van der Waals surface area contributed by atoms with Crippen molar-refractivity contribution in [3.8, 4) is 5.75 Å². The van der Waals surface area contributed by atoms with Gasteiger partial charge in [-0.25, -0.2) is 0 Å². The average molecular weight is 347 g/mol. The first-order valence-corrected chi connectivity index (χ1v) is 6.36. The maximum absolute atomic E-state index is 12.2. The lowest BCUT2D eigenvalue weighted by Gasteiger charge is -2.44. The first-order valence-electron chi connectivity index (χ1n) is 5.28. The molecule has 1 aliphatic rings. The lowest BCUT2D eigenvalue weighted by Crippen LogP contribution is -2.61. The summed E-state index contributed by atoms with van der Waals surface area (Å²) in [6, 6.07) is 5.41. The number of β-amino-alcohol motifs (C(OH)–C–C–N with tert-alkyl or cyclic N) is 1. The smallest absolute Gasteiger partial charge is 0.255 e. The Kier molecular flexibility index (Phi) is 3.31. The van der Waals surface area contributed by atoms with Crippen LogP contribution >= 0.6 is 22.6 Å². The third-order valence-electron chi connectivity index (χ3n) is 2.75. The van der Waals surface area contributed by atoms with Crippen molar-refractivity contribution in [1.29, 1.82) is 0 Å². The molecule has 1 amide bonds. The normalized spacial score (nSPS) is 17.5. The minimum Gasteiger partial charge on any atom is -0.497 e. The minimum absolute atomic E-state index is 0.0557. The number of methoxy groups -OCH3 is 1. The fourth-order valence-electron chi connectivity index (χ4n) is 1.89. The molecule has 0 spiro atoms. The van der Waals surface area contributed by atoms with Crippen molar-refractivity contribution < 1.29 is 14.6 Å². The molecule has 1 aromatic rings. The summed E-state index contributed by atoms with van der Waals surface area (Å²) in [5.74, 6) is 0.612. The van der Waals surface area contributed by atoms with Gasteiger partial charge in [-0.2, -0.15) is 0 Å². The first kappa shape index (κ1) is 12.6. The Bertz CT molecular complexity index is 451. The number of hydrogen-bond donors (Lipinski definition) is 1. The number of hydrogen-bond acceptors (Lipinski definition) is 3. The summed E-state index contributed by atoms with van der Waals surface area (Å²) in [7, 11) is 1.57. The Labute approximate surface area is 114 Å². The summed E-state index contributed by atoms with van der Waals surface area (Å²) >= 11 is 2.13. The third-order valence-corrected chi connectivity index (χ3v) is 3.69. The Morgan fingerprint density at radius 1 is 1.53 bits per heavy atom. The largest absolute Gasteiger partial charge is 0.497 e. The van der Waals surface area contributed by atoms with Gasteiger partial charge in [-0.15, -0.1) is 0 Å². The number of carbonyl (C=O) groups excluding carboxylic acids is 1. The van der Waals surface area contributed by atoms with Crippen LogP contribution in [0, 0.1) is 3.57 Å². The van der Waals surface area contributed by atoms with Crippen LogP contribution in [-0.4, -0.2) is 41.7 Å². The van der Waals surface area contributed by atoms with Crippen LogP contribution in [0.25, 0.3) is 0 Å². The quantitative estimate of drug-likeness (QED) is 0.826. The summed E-state index contributed by atoms with van der Waals surface area (Å²) in [5.41, 5.74) is -0.111. The fraction of sp³-hybridized carbons (Fsp3) is 0.417. The molecule has 0 radical (unpaired) electrons. The second kappa shape index (κ2) is 4.45. The van der Waals surface area contributed by atoms with Crippen molar-refractivity contribution in [2.45, 2.75) is 12.5 Å². The number of aliphatic hydroxyl groups is 1. The van der Waals surface area contributed by atoms with Crippen molar-refractivity contribution in [1.82, 2.24) is 4.90 Å². The molecule has 0 atom stereocenters. The molecule has 0 aromatic heterocycles. The monoisotopic (exact) mass is 347 g/mol. The van der Waals surface area contributed by atoms with Gasteiger partial charge in [0.1, 0.15) is 5.75 Å². The fourth-order valence-corrected chi connectivity index (χ4v) is 2.45. The standard InChI is InChI=1S/C12H14INO3/c1-12(16)6-14(7-12)11(15)9-5-8(17-2)3-4-10(9)13/h3-5,16H,6-7H2,1-2H3. The van der Waals surface area contributed by atoms with Crippen LogP contribution in [0.15, 0.2) is 18.2 Å². The number of carbonyl (C=O) groups is 1. The van der Waals surface area contributed by atoms with E-state index in [1.54, 1.807) is 25.0 Å². The van der Waals surface area contributed by atoms with Crippen molar-refractivity contribution in [3.63, 3.8) is 0 Å². The number of benzene rings is 1. The molecular formula is C12H14INO3. The van der Waals surface area contributed by atoms with E-state index in [1.165, 1.54) is 0 Å². The van der Waals surface area contributed by atoms with E-state index in [0.29, 0.717) is 24.4 Å². The molecule has 1 fully saturated rings. The molecule has 1 aliphatic heterocycles. The highest BCUT2D eigenvalue weighted by molar-refractivity contribution is 14.1. The molecule has 4 nitrogen and oxygen atoms in total. The highest BCUT2D eigenvalue weighted by atomic mass is 127. The maximum atomic E-state index is 12.2. The van der Waals surface area contributed by atoms with Crippen LogP contribution in [0.2, 0.25) is 0 Å². The Balaban J connectivity index is 2.20. The van der Waals surface area contributed by atoms with E-state index in [-0.39, 0.29) is 5.91 Å². The van der Waals surface area contributed by atoms with Crippen molar-refractivity contribution >= 4 is 28.5 Å². The second-order valence-electron chi connectivity index (χ2n) is 4.50. The van der Waals surface area contributed by atoms with E-state index >= 15 is 0 Å². The maximum Gasteiger partial charge on any atom is 0.255 e. The molecule has 1 N–H and O–H groups in total. The summed E-state index contributed by atoms with van der Waals surface area (Å²) in [5, 5.41) is 9.63. The van der Waals surface area contributed by atoms with Gasteiger partial charge in [-0.05, 0) is 47.7 Å². The lowest BCUT2D eigenvalue weighted by atomic mass is 9.96. The van der Waals surface area contributed by atoms with Crippen LogP contribution in [0.3, 0.4) is 0 Å². The highest BCUT2D eigenvalue weighted by Gasteiger charge is 2.40. The first-order chi connectivity index (χ1) is 7.93. The number of rotatable bonds is 2. The van der Waals surface area contributed by atoms with Gasteiger partial charge in [0.2, 0.25) is 0 Å². The zero-order chi connectivity index (χ0) is 12.6. The summed E-state index contributed by atoms with van der Waals surface area (Å²) < 4.78 is 6.00. The molecule has 0 aliphatic carbocycles. The van der Waals surface area contributed by atoms with Gasteiger partial charge in [0.05, 0.1) is 31.4 Å². The predicted octanol–water partition coefficient (Wildman–Crippen LogP) is 1.51. The topological polar surface area (TPSA) is 49.8 Å². The SMILES string of the molecule is COc1ccc(I)c(C(=O)N2CC(C)(O)C2)c1. The minimum atomic E-state index is -0.736. The molecule has 17 heavy (non-hydrogen) atoms. The zero-order valence-corrected chi connectivity index (χ0v) is 11.9. The van der Waals surface area contributed by atoms with Crippen molar-refractivity contribution in [2.24, 2.45) is 0 Å². The van der Waals surface area contributed by atoms with Crippen LogP contribution in [0.5, 0.6) is 5.75 Å². The van der Waals surface area contributed by atoms with Crippen molar-refractivity contribution in [2.75, 3.05) is 20.2 Å². The molecule has 0 bridgehead atoms. The molecule has 0 saturated carbocycles. The van der Waals surface area contributed by atoms with E-state index in [0.717, 1.165) is 3.57 Å².